The first-order valence-corrected chi connectivity index (χ1v) is 11.0. The van der Waals surface area contributed by atoms with Crippen LogP contribution in [0.4, 0.5) is 17.1 Å². The lowest BCUT2D eigenvalue weighted by molar-refractivity contribution is -0.384. The van der Waals surface area contributed by atoms with E-state index < -0.39 is 20.9 Å². The first kappa shape index (κ1) is 22.8. The number of carbonyl (C=O) groups is 1. The van der Waals surface area contributed by atoms with E-state index in [2.05, 4.69) is 10.0 Å². The predicted molar refractivity (Wildman–Crippen MR) is 120 cm³/mol. The molecule has 0 aliphatic heterocycles. The molecule has 3 rings (SSSR count). The number of ether oxygens (including phenoxy) is 1. The van der Waals surface area contributed by atoms with E-state index in [1.807, 2.05) is 19.9 Å². The maximum atomic E-state index is 12.6. The highest BCUT2D eigenvalue weighted by atomic mass is 32.2. The summed E-state index contributed by atoms with van der Waals surface area (Å²) in [5.41, 5.74) is 2.81. The highest BCUT2D eigenvalue weighted by Gasteiger charge is 2.15. The van der Waals surface area contributed by atoms with Crippen LogP contribution in [0.25, 0.3) is 0 Å². The van der Waals surface area contributed by atoms with Crippen molar-refractivity contribution in [2.24, 2.45) is 0 Å². The molecule has 3 aromatic carbocycles. The highest BCUT2D eigenvalue weighted by Crippen LogP contribution is 2.21. The number of amides is 1. The molecule has 0 fully saturated rings. The molecule has 32 heavy (non-hydrogen) atoms. The number of nitrogens with one attached hydrogen (secondary N) is 2. The lowest BCUT2D eigenvalue weighted by Crippen LogP contribution is -2.20. The third-order valence-corrected chi connectivity index (χ3v) is 6.02. The Bertz CT molecular complexity index is 1240. The summed E-state index contributed by atoms with van der Waals surface area (Å²) < 4.78 is 33.0. The van der Waals surface area contributed by atoms with Crippen LogP contribution in [-0.2, 0) is 14.8 Å². The second-order valence-electron chi connectivity index (χ2n) is 7.02. The van der Waals surface area contributed by atoms with Crippen LogP contribution in [0.5, 0.6) is 5.75 Å². The Morgan fingerprint density at radius 2 is 1.56 bits per heavy atom. The molecule has 9 nitrogen and oxygen atoms in total. The molecule has 3 aromatic rings. The van der Waals surface area contributed by atoms with E-state index >= 15 is 0 Å². The molecule has 0 bridgehead atoms. The number of hydrogen-bond donors (Lipinski definition) is 2. The Hall–Kier alpha value is -3.92. The van der Waals surface area contributed by atoms with Crippen molar-refractivity contribution in [2.45, 2.75) is 18.7 Å². The Morgan fingerprint density at radius 3 is 2.16 bits per heavy atom. The molecule has 10 heteroatoms. The van der Waals surface area contributed by atoms with E-state index in [0.29, 0.717) is 17.1 Å². The number of non-ortho nitro benzene ring substituents is 1. The second-order valence-corrected chi connectivity index (χ2v) is 8.70. The monoisotopic (exact) mass is 455 g/mol. The normalized spacial score (nSPS) is 10.9. The van der Waals surface area contributed by atoms with Gasteiger partial charge in [0.1, 0.15) is 5.75 Å². The number of carbonyl (C=O) groups excluding carboxylic acids is 1. The van der Waals surface area contributed by atoms with Gasteiger partial charge in [0.2, 0.25) is 0 Å². The fraction of sp³-hybridized carbons (Fsp3) is 0.136. The molecular weight excluding hydrogens is 434 g/mol. The van der Waals surface area contributed by atoms with Gasteiger partial charge < -0.3 is 10.1 Å². The van der Waals surface area contributed by atoms with Gasteiger partial charge in [-0.25, -0.2) is 8.42 Å². The zero-order valence-corrected chi connectivity index (χ0v) is 18.2. The van der Waals surface area contributed by atoms with Crippen LogP contribution in [0.3, 0.4) is 0 Å². The van der Waals surface area contributed by atoms with Crippen molar-refractivity contribution in [3.8, 4) is 5.75 Å². The first-order valence-electron chi connectivity index (χ1n) is 9.51. The van der Waals surface area contributed by atoms with Crippen molar-refractivity contribution >= 4 is 33.0 Å². The average Bonchev–Trinajstić information content (AvgIpc) is 2.75. The van der Waals surface area contributed by atoms with Crippen LogP contribution in [0.15, 0.2) is 71.6 Å². The van der Waals surface area contributed by atoms with Gasteiger partial charge in [0, 0.05) is 23.5 Å². The topological polar surface area (TPSA) is 128 Å². The molecule has 0 atom stereocenters. The maximum absolute atomic E-state index is 12.6. The first-order chi connectivity index (χ1) is 15.1. The number of sulfonamides is 1. The number of aryl methyl sites for hydroxylation is 2. The summed E-state index contributed by atoms with van der Waals surface area (Å²) in [6.45, 7) is 3.53. The van der Waals surface area contributed by atoms with Crippen LogP contribution in [0.1, 0.15) is 11.1 Å². The Balaban J connectivity index is 1.57. The zero-order chi connectivity index (χ0) is 23.3. The number of anilines is 2. The van der Waals surface area contributed by atoms with E-state index in [0.717, 1.165) is 11.1 Å². The summed E-state index contributed by atoms with van der Waals surface area (Å²) in [4.78, 5) is 22.2. The van der Waals surface area contributed by atoms with Crippen molar-refractivity contribution in [2.75, 3.05) is 16.6 Å². The SMILES string of the molecule is Cc1ccc(NS(=O)(=O)c2ccc(NC(=O)COc3ccc([N+](=O)[O-])cc3)cc2)cc1C. The zero-order valence-electron chi connectivity index (χ0n) is 17.4. The number of nitrogens with zero attached hydrogens (tertiary/aromatic N) is 1. The summed E-state index contributed by atoms with van der Waals surface area (Å²) in [5.74, 6) is -0.156. The van der Waals surface area contributed by atoms with Crippen LogP contribution < -0.4 is 14.8 Å². The van der Waals surface area contributed by atoms with E-state index in [9.17, 15) is 23.3 Å². The number of rotatable bonds is 8. The molecule has 0 unspecified atom stereocenters. The Morgan fingerprint density at radius 1 is 0.938 bits per heavy atom. The van der Waals surface area contributed by atoms with Crippen molar-refractivity contribution in [3.05, 3.63) is 88.0 Å². The number of hydrogen-bond acceptors (Lipinski definition) is 6. The summed E-state index contributed by atoms with van der Waals surface area (Å²) in [7, 11) is -3.78. The van der Waals surface area contributed by atoms with E-state index in [-0.39, 0.29) is 17.2 Å². The molecule has 0 radical (unpaired) electrons. The summed E-state index contributed by atoms with van der Waals surface area (Å²) >= 11 is 0. The van der Waals surface area contributed by atoms with Crippen LogP contribution in [0.2, 0.25) is 0 Å². The summed E-state index contributed by atoms with van der Waals surface area (Å²) in [6.07, 6.45) is 0. The standard InChI is InChI=1S/C22H21N3O6S/c1-15-3-4-18(13-16(15)2)24-32(29,30)21-11-5-17(6-12-21)23-22(26)14-31-20-9-7-19(8-10-20)25(27)28/h3-13,24H,14H2,1-2H3,(H,23,26). The lowest BCUT2D eigenvalue weighted by atomic mass is 10.1. The van der Waals surface area contributed by atoms with Gasteiger partial charge in [0.05, 0.1) is 9.82 Å². The summed E-state index contributed by atoms with van der Waals surface area (Å²) in [5, 5.41) is 13.2. The largest absolute Gasteiger partial charge is 0.484 e. The fourth-order valence-electron chi connectivity index (χ4n) is 2.75. The van der Waals surface area contributed by atoms with Crippen molar-refractivity contribution < 1.29 is 22.9 Å². The Labute approximate surface area is 185 Å². The van der Waals surface area contributed by atoms with Crippen LogP contribution in [0, 0.1) is 24.0 Å². The van der Waals surface area contributed by atoms with Crippen molar-refractivity contribution in [1.29, 1.82) is 0 Å². The van der Waals surface area contributed by atoms with Gasteiger partial charge in [0.25, 0.3) is 21.6 Å². The second kappa shape index (κ2) is 9.48. The van der Waals surface area contributed by atoms with Crippen molar-refractivity contribution in [1.82, 2.24) is 0 Å². The third-order valence-electron chi connectivity index (χ3n) is 4.62. The predicted octanol–water partition coefficient (Wildman–Crippen LogP) is 4.03. The third kappa shape index (κ3) is 5.82. The average molecular weight is 455 g/mol. The smallest absolute Gasteiger partial charge is 0.269 e. The van der Waals surface area contributed by atoms with Crippen LogP contribution in [-0.4, -0.2) is 25.9 Å². The molecule has 0 heterocycles. The molecule has 1 amide bonds. The minimum Gasteiger partial charge on any atom is -0.484 e. The molecule has 0 saturated carbocycles. The maximum Gasteiger partial charge on any atom is 0.269 e. The molecule has 0 aliphatic rings. The highest BCUT2D eigenvalue weighted by molar-refractivity contribution is 7.92. The van der Waals surface area contributed by atoms with Gasteiger partial charge in [-0.1, -0.05) is 6.07 Å². The number of nitro groups is 1. The molecule has 0 saturated heterocycles. The molecule has 166 valence electrons. The van der Waals surface area contributed by atoms with E-state index in [1.165, 1.54) is 48.5 Å². The quantitative estimate of drug-likeness (QED) is 0.390. The Kier molecular flexibility index (Phi) is 6.74. The van der Waals surface area contributed by atoms with Gasteiger partial charge in [-0.05, 0) is 73.5 Å². The van der Waals surface area contributed by atoms with Gasteiger partial charge >= 0.3 is 0 Å². The van der Waals surface area contributed by atoms with E-state index in [4.69, 9.17) is 4.74 Å². The van der Waals surface area contributed by atoms with Gasteiger partial charge in [-0.2, -0.15) is 0 Å². The minimum absolute atomic E-state index is 0.0517. The molecule has 0 aliphatic carbocycles. The molecular formula is C22H21N3O6S. The van der Waals surface area contributed by atoms with Crippen LogP contribution >= 0.6 is 0 Å². The van der Waals surface area contributed by atoms with Gasteiger partial charge in [-0.15, -0.1) is 0 Å². The number of nitro benzene ring substituents is 1. The van der Waals surface area contributed by atoms with Gasteiger partial charge in [0.15, 0.2) is 6.61 Å². The molecule has 0 spiro atoms. The number of benzene rings is 3. The van der Waals surface area contributed by atoms with Gasteiger partial charge in [-0.3, -0.25) is 19.6 Å². The summed E-state index contributed by atoms with van der Waals surface area (Å²) in [6, 6.07) is 16.3. The minimum atomic E-state index is -3.78. The molecule has 0 aromatic heterocycles. The lowest BCUT2D eigenvalue weighted by Gasteiger charge is -2.11. The van der Waals surface area contributed by atoms with Crippen molar-refractivity contribution in [3.63, 3.8) is 0 Å². The molecule has 2 N–H and O–H groups in total. The van der Waals surface area contributed by atoms with E-state index in [1.54, 1.807) is 12.1 Å². The fourth-order valence-corrected chi connectivity index (χ4v) is 3.80.